The van der Waals surface area contributed by atoms with Crippen LogP contribution in [0.5, 0.6) is 0 Å². The molecule has 0 aliphatic rings. The standard InChI is InChI=1S/C10H13BrN2O3/c1-5-7(11)13-6(8(14)12-5)9(15)16-10(2,3)4/h1-4H3,(H,12,14). The van der Waals surface area contributed by atoms with E-state index in [2.05, 4.69) is 25.9 Å². The number of H-pyrrole nitrogens is 1. The van der Waals surface area contributed by atoms with Crippen molar-refractivity contribution in [3.8, 4) is 0 Å². The van der Waals surface area contributed by atoms with Gasteiger partial charge in [0, 0.05) is 5.69 Å². The number of aromatic amines is 1. The fourth-order valence-corrected chi connectivity index (χ4v) is 1.26. The van der Waals surface area contributed by atoms with E-state index in [0.29, 0.717) is 10.3 Å². The van der Waals surface area contributed by atoms with Gasteiger partial charge >= 0.3 is 5.97 Å². The topological polar surface area (TPSA) is 72.0 Å². The zero-order valence-corrected chi connectivity index (χ0v) is 11.1. The molecular formula is C10H13BrN2O3. The molecule has 1 aromatic rings. The largest absolute Gasteiger partial charge is 0.455 e. The Labute approximate surface area is 101 Å². The van der Waals surface area contributed by atoms with Gasteiger partial charge in [0.05, 0.1) is 0 Å². The number of nitrogens with one attached hydrogen (secondary N) is 1. The minimum atomic E-state index is -0.727. The van der Waals surface area contributed by atoms with Crippen LogP contribution in [-0.2, 0) is 4.74 Å². The Morgan fingerprint density at radius 1 is 1.44 bits per heavy atom. The molecule has 0 unspecified atom stereocenters. The normalized spacial score (nSPS) is 11.3. The minimum absolute atomic E-state index is 0.243. The number of carbonyl (C=O) groups is 1. The molecule has 88 valence electrons. The van der Waals surface area contributed by atoms with Gasteiger partial charge in [-0.3, -0.25) is 4.79 Å². The zero-order valence-electron chi connectivity index (χ0n) is 9.55. The van der Waals surface area contributed by atoms with E-state index in [1.54, 1.807) is 27.7 Å². The average Bonchev–Trinajstić information content (AvgIpc) is 2.08. The molecular weight excluding hydrogens is 276 g/mol. The molecule has 1 N–H and O–H groups in total. The van der Waals surface area contributed by atoms with Gasteiger partial charge < -0.3 is 9.72 Å². The number of esters is 1. The molecule has 0 atom stereocenters. The number of ether oxygens (including phenoxy) is 1. The fourth-order valence-electron chi connectivity index (χ4n) is 0.979. The quantitative estimate of drug-likeness (QED) is 0.800. The number of aromatic nitrogens is 2. The zero-order chi connectivity index (χ0) is 12.5. The second-order valence-corrected chi connectivity index (χ2v) is 5.08. The third-order valence-electron chi connectivity index (χ3n) is 1.63. The van der Waals surface area contributed by atoms with Crippen LogP contribution < -0.4 is 5.56 Å². The van der Waals surface area contributed by atoms with E-state index in [1.165, 1.54) is 0 Å². The van der Waals surface area contributed by atoms with Crippen molar-refractivity contribution < 1.29 is 9.53 Å². The van der Waals surface area contributed by atoms with E-state index in [1.807, 2.05) is 0 Å². The van der Waals surface area contributed by atoms with Gasteiger partial charge in [-0.1, -0.05) is 0 Å². The summed E-state index contributed by atoms with van der Waals surface area (Å²) >= 11 is 3.14. The molecule has 5 nitrogen and oxygen atoms in total. The monoisotopic (exact) mass is 288 g/mol. The van der Waals surface area contributed by atoms with E-state index < -0.39 is 17.1 Å². The first kappa shape index (κ1) is 12.9. The maximum atomic E-state index is 11.6. The Hall–Kier alpha value is -1.17. The molecule has 16 heavy (non-hydrogen) atoms. The second kappa shape index (κ2) is 4.37. The van der Waals surface area contributed by atoms with Gasteiger partial charge in [0.1, 0.15) is 10.2 Å². The predicted octanol–water partition coefficient (Wildman–Crippen LogP) is 1.80. The molecule has 1 heterocycles. The molecule has 6 heteroatoms. The molecule has 0 amide bonds. The van der Waals surface area contributed by atoms with Gasteiger partial charge in [-0.15, -0.1) is 0 Å². The molecule has 0 bridgehead atoms. The van der Waals surface area contributed by atoms with Crippen molar-refractivity contribution in [2.24, 2.45) is 0 Å². The van der Waals surface area contributed by atoms with Gasteiger partial charge in [0.25, 0.3) is 5.56 Å². The smallest absolute Gasteiger partial charge is 0.363 e. The van der Waals surface area contributed by atoms with Crippen LogP contribution in [0.25, 0.3) is 0 Å². The number of aryl methyl sites for hydroxylation is 1. The third kappa shape index (κ3) is 3.16. The van der Waals surface area contributed by atoms with Gasteiger partial charge in [-0.2, -0.15) is 0 Å². The lowest BCUT2D eigenvalue weighted by Gasteiger charge is -2.18. The minimum Gasteiger partial charge on any atom is -0.455 e. The number of hydrogen-bond acceptors (Lipinski definition) is 4. The van der Waals surface area contributed by atoms with Crippen LogP contribution in [0.4, 0.5) is 0 Å². The summed E-state index contributed by atoms with van der Waals surface area (Å²) in [5.74, 6) is -0.727. The van der Waals surface area contributed by atoms with E-state index in [0.717, 1.165) is 0 Å². The number of nitrogens with zero attached hydrogens (tertiary/aromatic N) is 1. The summed E-state index contributed by atoms with van der Waals surface area (Å²) in [5, 5.41) is 0. The lowest BCUT2D eigenvalue weighted by Crippen LogP contribution is -2.29. The van der Waals surface area contributed by atoms with Gasteiger partial charge in [0.15, 0.2) is 0 Å². The second-order valence-electron chi connectivity index (χ2n) is 4.33. The average molecular weight is 289 g/mol. The molecule has 0 aliphatic heterocycles. The van der Waals surface area contributed by atoms with Crippen LogP contribution in [0.15, 0.2) is 9.40 Å². The Morgan fingerprint density at radius 2 is 2.00 bits per heavy atom. The Kier molecular flexibility index (Phi) is 3.52. The molecule has 0 saturated heterocycles. The van der Waals surface area contributed by atoms with Crippen molar-refractivity contribution in [2.45, 2.75) is 33.3 Å². The number of carbonyl (C=O) groups excluding carboxylic acids is 1. The predicted molar refractivity (Wildman–Crippen MR) is 62.5 cm³/mol. The molecule has 0 aromatic carbocycles. The van der Waals surface area contributed by atoms with Crippen molar-refractivity contribution in [1.82, 2.24) is 9.97 Å². The lowest BCUT2D eigenvalue weighted by atomic mass is 10.2. The SMILES string of the molecule is Cc1[nH]c(=O)c(C(=O)OC(C)(C)C)nc1Br. The first-order valence-electron chi connectivity index (χ1n) is 4.70. The number of halogens is 1. The maximum absolute atomic E-state index is 11.6. The van der Waals surface area contributed by atoms with Crippen LogP contribution in [-0.4, -0.2) is 21.5 Å². The van der Waals surface area contributed by atoms with Crippen LogP contribution in [0.2, 0.25) is 0 Å². The van der Waals surface area contributed by atoms with Crippen molar-refractivity contribution >= 4 is 21.9 Å². The summed E-state index contributed by atoms with van der Waals surface area (Å²) in [5.41, 5.74) is -0.873. The third-order valence-corrected chi connectivity index (χ3v) is 2.40. The van der Waals surface area contributed by atoms with Crippen molar-refractivity contribution in [3.63, 3.8) is 0 Å². The van der Waals surface area contributed by atoms with Crippen LogP contribution in [0, 0.1) is 6.92 Å². The van der Waals surface area contributed by atoms with E-state index >= 15 is 0 Å². The van der Waals surface area contributed by atoms with E-state index in [4.69, 9.17) is 4.74 Å². The molecule has 0 aliphatic carbocycles. The van der Waals surface area contributed by atoms with Gasteiger partial charge in [0.2, 0.25) is 5.69 Å². The summed E-state index contributed by atoms with van der Waals surface area (Å²) < 4.78 is 5.48. The highest BCUT2D eigenvalue weighted by molar-refractivity contribution is 9.10. The van der Waals surface area contributed by atoms with Gasteiger partial charge in [-0.25, -0.2) is 9.78 Å². The molecule has 1 aromatic heterocycles. The van der Waals surface area contributed by atoms with Crippen LogP contribution in [0.3, 0.4) is 0 Å². The summed E-state index contributed by atoms with van der Waals surface area (Å²) in [6.07, 6.45) is 0. The Balaban J connectivity index is 3.10. The highest BCUT2D eigenvalue weighted by Gasteiger charge is 2.22. The van der Waals surface area contributed by atoms with Crippen LogP contribution in [0.1, 0.15) is 37.0 Å². The van der Waals surface area contributed by atoms with Crippen molar-refractivity contribution in [1.29, 1.82) is 0 Å². The Morgan fingerprint density at radius 3 is 2.50 bits per heavy atom. The van der Waals surface area contributed by atoms with E-state index in [9.17, 15) is 9.59 Å². The number of rotatable bonds is 1. The summed E-state index contributed by atoms with van der Waals surface area (Å²) in [7, 11) is 0. The molecule has 0 radical (unpaired) electrons. The van der Waals surface area contributed by atoms with E-state index in [-0.39, 0.29) is 5.69 Å². The first-order chi connectivity index (χ1) is 7.20. The van der Waals surface area contributed by atoms with Crippen molar-refractivity contribution in [2.75, 3.05) is 0 Å². The molecule has 0 saturated carbocycles. The maximum Gasteiger partial charge on any atom is 0.363 e. The van der Waals surface area contributed by atoms with Crippen molar-refractivity contribution in [3.05, 3.63) is 26.3 Å². The summed E-state index contributed by atoms with van der Waals surface area (Å²) in [6, 6.07) is 0. The Bertz CT molecular complexity index is 474. The molecule has 0 spiro atoms. The van der Waals surface area contributed by atoms with Gasteiger partial charge in [-0.05, 0) is 43.6 Å². The number of hydrogen-bond donors (Lipinski definition) is 1. The first-order valence-corrected chi connectivity index (χ1v) is 5.50. The van der Waals surface area contributed by atoms with Crippen LogP contribution >= 0.6 is 15.9 Å². The summed E-state index contributed by atoms with van der Waals surface area (Å²) in [6.45, 7) is 6.85. The molecule has 0 fully saturated rings. The lowest BCUT2D eigenvalue weighted by molar-refractivity contribution is 0.00603. The molecule has 1 rings (SSSR count). The summed E-state index contributed by atoms with van der Waals surface area (Å²) in [4.78, 5) is 29.5. The highest BCUT2D eigenvalue weighted by atomic mass is 79.9. The highest BCUT2D eigenvalue weighted by Crippen LogP contribution is 2.12. The fraction of sp³-hybridized carbons (Fsp3) is 0.500.